The zero-order valence-electron chi connectivity index (χ0n) is 12.6. The van der Waals surface area contributed by atoms with Crippen LogP contribution in [0.4, 0.5) is 0 Å². The Morgan fingerprint density at radius 2 is 1.78 bits per heavy atom. The fourth-order valence-corrected chi connectivity index (χ4v) is 2.54. The normalized spacial score (nSPS) is 11.8. The van der Waals surface area contributed by atoms with Crippen molar-refractivity contribution in [2.24, 2.45) is 5.73 Å². The van der Waals surface area contributed by atoms with Crippen molar-refractivity contribution in [3.8, 4) is 5.75 Å². The van der Waals surface area contributed by atoms with Gasteiger partial charge in [-0.3, -0.25) is 0 Å². The Hall–Kier alpha value is -1.88. The van der Waals surface area contributed by atoms with E-state index in [1.165, 1.54) is 0 Å². The molecule has 0 saturated heterocycles. The van der Waals surface area contributed by atoms with Crippen LogP contribution >= 0.6 is 24.0 Å². The SMILES string of the molecule is COc1ccc(C(N)c2nc(CCl)nc3ccccc23)cc1.Cl. The fourth-order valence-electron chi connectivity index (χ4n) is 2.42. The number of ether oxygens (including phenoxy) is 1. The van der Waals surface area contributed by atoms with Crippen molar-refractivity contribution in [2.75, 3.05) is 7.11 Å². The van der Waals surface area contributed by atoms with Crippen LogP contribution in [0.1, 0.15) is 23.1 Å². The summed E-state index contributed by atoms with van der Waals surface area (Å²) >= 11 is 5.91. The number of hydrogen-bond acceptors (Lipinski definition) is 4. The molecular formula is C17H17Cl2N3O. The molecule has 2 aromatic carbocycles. The van der Waals surface area contributed by atoms with Crippen LogP contribution < -0.4 is 10.5 Å². The van der Waals surface area contributed by atoms with E-state index < -0.39 is 0 Å². The lowest BCUT2D eigenvalue weighted by atomic mass is 10.0. The van der Waals surface area contributed by atoms with Crippen LogP contribution in [0.15, 0.2) is 48.5 Å². The molecule has 120 valence electrons. The Balaban J connectivity index is 0.00000192. The Labute approximate surface area is 146 Å². The van der Waals surface area contributed by atoms with Gasteiger partial charge in [-0.2, -0.15) is 0 Å². The molecule has 0 amide bonds. The minimum absolute atomic E-state index is 0. The van der Waals surface area contributed by atoms with Crippen LogP contribution in [-0.2, 0) is 5.88 Å². The van der Waals surface area contributed by atoms with Gasteiger partial charge >= 0.3 is 0 Å². The van der Waals surface area contributed by atoms with Gasteiger partial charge in [0.1, 0.15) is 11.6 Å². The summed E-state index contributed by atoms with van der Waals surface area (Å²) in [5.74, 6) is 1.64. The van der Waals surface area contributed by atoms with Crippen LogP contribution in [-0.4, -0.2) is 17.1 Å². The van der Waals surface area contributed by atoms with Gasteiger partial charge in [-0.25, -0.2) is 9.97 Å². The highest BCUT2D eigenvalue weighted by Gasteiger charge is 2.16. The van der Waals surface area contributed by atoms with E-state index in [0.29, 0.717) is 5.82 Å². The van der Waals surface area contributed by atoms with Crippen molar-refractivity contribution < 1.29 is 4.74 Å². The highest BCUT2D eigenvalue weighted by atomic mass is 35.5. The standard InChI is InChI=1S/C17H16ClN3O.ClH/c1-22-12-8-6-11(7-9-12)16(19)17-13-4-2-3-5-14(13)20-15(10-18)21-17;/h2-9,16H,10,19H2,1H3;1H. The van der Waals surface area contributed by atoms with Crippen molar-refractivity contribution in [1.29, 1.82) is 0 Å². The molecule has 4 nitrogen and oxygen atoms in total. The largest absolute Gasteiger partial charge is 0.497 e. The molecule has 0 aliphatic heterocycles. The molecule has 1 heterocycles. The molecule has 0 aliphatic carbocycles. The first-order valence-electron chi connectivity index (χ1n) is 6.94. The maximum atomic E-state index is 6.42. The van der Waals surface area contributed by atoms with Gasteiger partial charge in [0, 0.05) is 5.39 Å². The van der Waals surface area contributed by atoms with Crippen molar-refractivity contribution in [3.63, 3.8) is 0 Å². The van der Waals surface area contributed by atoms with Crippen LogP contribution in [0.5, 0.6) is 5.75 Å². The molecule has 0 aliphatic rings. The molecule has 0 radical (unpaired) electrons. The van der Waals surface area contributed by atoms with Crippen LogP contribution in [0.25, 0.3) is 10.9 Å². The zero-order valence-corrected chi connectivity index (χ0v) is 14.1. The van der Waals surface area contributed by atoms with Gasteiger partial charge in [-0.1, -0.05) is 30.3 Å². The maximum Gasteiger partial charge on any atom is 0.144 e. The lowest BCUT2D eigenvalue weighted by Crippen LogP contribution is -2.15. The van der Waals surface area contributed by atoms with Gasteiger partial charge < -0.3 is 10.5 Å². The van der Waals surface area contributed by atoms with E-state index in [-0.39, 0.29) is 24.3 Å². The molecule has 0 fully saturated rings. The van der Waals surface area contributed by atoms with Crippen LogP contribution in [0, 0.1) is 0 Å². The second kappa shape index (κ2) is 7.59. The molecular weight excluding hydrogens is 333 g/mol. The number of benzene rings is 2. The molecule has 3 aromatic rings. The lowest BCUT2D eigenvalue weighted by molar-refractivity contribution is 0.414. The number of nitrogens with zero attached hydrogens (tertiary/aromatic N) is 2. The number of rotatable bonds is 4. The summed E-state index contributed by atoms with van der Waals surface area (Å²) in [6.45, 7) is 0. The molecule has 6 heteroatoms. The summed E-state index contributed by atoms with van der Waals surface area (Å²) in [6.07, 6.45) is 0. The van der Waals surface area contributed by atoms with Crippen molar-refractivity contribution >= 4 is 34.9 Å². The van der Waals surface area contributed by atoms with E-state index in [4.69, 9.17) is 22.1 Å². The predicted octanol–water partition coefficient (Wildman–Crippen LogP) is 3.85. The van der Waals surface area contributed by atoms with Gasteiger partial charge in [0.2, 0.25) is 0 Å². The third-order valence-corrected chi connectivity index (χ3v) is 3.81. The molecule has 0 spiro atoms. The summed E-state index contributed by atoms with van der Waals surface area (Å²) in [6, 6.07) is 15.1. The Morgan fingerprint density at radius 1 is 1.09 bits per heavy atom. The maximum absolute atomic E-state index is 6.42. The number of aromatic nitrogens is 2. The number of alkyl halides is 1. The second-order valence-corrected chi connectivity index (χ2v) is 5.19. The molecule has 0 saturated carbocycles. The third kappa shape index (κ3) is 3.55. The first kappa shape index (κ1) is 17.5. The first-order chi connectivity index (χ1) is 10.7. The second-order valence-electron chi connectivity index (χ2n) is 4.93. The monoisotopic (exact) mass is 349 g/mol. The summed E-state index contributed by atoms with van der Waals surface area (Å²) < 4.78 is 5.18. The number of para-hydroxylation sites is 1. The smallest absolute Gasteiger partial charge is 0.144 e. The van der Waals surface area contributed by atoms with E-state index in [9.17, 15) is 0 Å². The van der Waals surface area contributed by atoms with Gasteiger partial charge in [0.05, 0.1) is 30.2 Å². The van der Waals surface area contributed by atoms with Crippen molar-refractivity contribution in [1.82, 2.24) is 9.97 Å². The van der Waals surface area contributed by atoms with Crippen molar-refractivity contribution in [2.45, 2.75) is 11.9 Å². The Bertz CT molecular complexity index is 793. The average molecular weight is 350 g/mol. The molecule has 3 rings (SSSR count). The van der Waals surface area contributed by atoms with E-state index in [1.807, 2.05) is 48.5 Å². The third-order valence-electron chi connectivity index (χ3n) is 3.57. The Kier molecular flexibility index (Phi) is 5.77. The number of nitrogens with two attached hydrogens (primary N) is 1. The highest BCUT2D eigenvalue weighted by molar-refractivity contribution is 6.16. The Morgan fingerprint density at radius 3 is 2.43 bits per heavy atom. The molecule has 1 unspecified atom stereocenters. The summed E-state index contributed by atoms with van der Waals surface area (Å²) in [7, 11) is 1.64. The average Bonchev–Trinajstić information content (AvgIpc) is 2.60. The minimum Gasteiger partial charge on any atom is -0.497 e. The van der Waals surface area contributed by atoms with E-state index in [0.717, 1.165) is 27.9 Å². The van der Waals surface area contributed by atoms with Gasteiger partial charge in [0.15, 0.2) is 0 Å². The lowest BCUT2D eigenvalue weighted by Gasteiger charge is -2.15. The number of halogens is 2. The summed E-state index contributed by atoms with van der Waals surface area (Å²) in [5.41, 5.74) is 9.02. The van der Waals surface area contributed by atoms with E-state index in [2.05, 4.69) is 9.97 Å². The highest BCUT2D eigenvalue weighted by Crippen LogP contribution is 2.26. The molecule has 0 bridgehead atoms. The van der Waals surface area contributed by atoms with E-state index in [1.54, 1.807) is 7.11 Å². The summed E-state index contributed by atoms with van der Waals surface area (Å²) in [4.78, 5) is 8.98. The van der Waals surface area contributed by atoms with Crippen LogP contribution in [0.2, 0.25) is 0 Å². The molecule has 1 atom stereocenters. The fraction of sp³-hybridized carbons (Fsp3) is 0.176. The molecule has 23 heavy (non-hydrogen) atoms. The number of methoxy groups -OCH3 is 1. The predicted molar refractivity (Wildman–Crippen MR) is 95.4 cm³/mol. The zero-order chi connectivity index (χ0) is 15.5. The first-order valence-corrected chi connectivity index (χ1v) is 7.47. The van der Waals surface area contributed by atoms with Crippen LogP contribution in [0.3, 0.4) is 0 Å². The molecule has 2 N–H and O–H groups in total. The quantitative estimate of drug-likeness (QED) is 0.726. The number of fused-ring (bicyclic) bond motifs is 1. The topological polar surface area (TPSA) is 61.0 Å². The minimum atomic E-state index is -0.347. The molecule has 1 aromatic heterocycles. The van der Waals surface area contributed by atoms with Gasteiger partial charge in [-0.05, 0) is 23.8 Å². The van der Waals surface area contributed by atoms with Crippen molar-refractivity contribution in [3.05, 3.63) is 65.6 Å². The van der Waals surface area contributed by atoms with E-state index >= 15 is 0 Å². The number of hydrogen-bond donors (Lipinski definition) is 1. The van der Waals surface area contributed by atoms with Gasteiger partial charge in [-0.15, -0.1) is 24.0 Å². The summed E-state index contributed by atoms with van der Waals surface area (Å²) in [5, 5.41) is 0.944. The van der Waals surface area contributed by atoms with Gasteiger partial charge in [0.25, 0.3) is 0 Å².